The van der Waals surface area contributed by atoms with Crippen LogP contribution in [0.4, 0.5) is 5.69 Å². The van der Waals surface area contributed by atoms with Crippen molar-refractivity contribution in [2.75, 3.05) is 24.4 Å². The number of amides is 1. The van der Waals surface area contributed by atoms with Crippen LogP contribution in [0, 0.1) is 0 Å². The minimum Gasteiger partial charge on any atom is -0.333 e. The van der Waals surface area contributed by atoms with Crippen LogP contribution < -0.4 is 10.0 Å². The lowest BCUT2D eigenvalue weighted by molar-refractivity contribution is 0.0656. The van der Waals surface area contributed by atoms with Crippen molar-refractivity contribution in [3.8, 4) is 0 Å². The number of carbonyl (C=O) groups excluding carboxylic acids is 1. The highest BCUT2D eigenvalue weighted by atomic mass is 32.2. The van der Waals surface area contributed by atoms with E-state index in [4.69, 9.17) is 0 Å². The summed E-state index contributed by atoms with van der Waals surface area (Å²) >= 11 is 0. The average Bonchev–Trinajstić information content (AvgIpc) is 2.73. The van der Waals surface area contributed by atoms with Crippen molar-refractivity contribution in [2.24, 2.45) is 0 Å². The molecule has 0 unspecified atom stereocenters. The van der Waals surface area contributed by atoms with Gasteiger partial charge in [-0.25, -0.2) is 8.42 Å². The Morgan fingerprint density at radius 3 is 2.66 bits per heavy atom. The molecule has 0 bridgehead atoms. The molecule has 1 aliphatic heterocycles. The van der Waals surface area contributed by atoms with Gasteiger partial charge in [-0.1, -0.05) is 18.2 Å². The number of hydrogen-bond acceptors (Lipinski definition) is 5. The number of carbonyl (C=O) groups is 1. The summed E-state index contributed by atoms with van der Waals surface area (Å²) in [6.07, 6.45) is 1.57. The lowest BCUT2D eigenvalue weighted by Crippen LogP contribution is -2.52. The fourth-order valence-corrected chi connectivity index (χ4v) is 4.73. The fraction of sp³-hybridized carbons (Fsp3) is 0.238. The predicted octanol–water partition coefficient (Wildman–Crippen LogP) is 2.47. The standard InChI is InChI=1S/C21H22N4O3S/c1-15-14-22-12-13-25(15)21(26)17-7-9-18(10-8-17)24-29(27,28)19-6-2-4-16-5-3-11-23-20(16)19/h2-11,15,22,24H,12-14H2,1H3/t15-/m1/s1. The summed E-state index contributed by atoms with van der Waals surface area (Å²) in [5, 5.41) is 4.01. The van der Waals surface area contributed by atoms with Crippen LogP contribution in [0.15, 0.2) is 65.7 Å². The van der Waals surface area contributed by atoms with E-state index in [2.05, 4.69) is 15.0 Å². The van der Waals surface area contributed by atoms with Gasteiger partial charge in [-0.15, -0.1) is 0 Å². The number of fused-ring (bicyclic) bond motifs is 1. The first-order valence-corrected chi connectivity index (χ1v) is 10.9. The number of anilines is 1. The van der Waals surface area contributed by atoms with Crippen LogP contribution in [-0.2, 0) is 10.0 Å². The molecule has 0 saturated carbocycles. The summed E-state index contributed by atoms with van der Waals surface area (Å²) < 4.78 is 28.4. The Kier molecular flexibility index (Phi) is 5.21. The second-order valence-corrected chi connectivity index (χ2v) is 8.72. The number of aromatic nitrogens is 1. The van der Waals surface area contributed by atoms with Crippen molar-refractivity contribution in [3.05, 3.63) is 66.4 Å². The Morgan fingerprint density at radius 2 is 1.90 bits per heavy atom. The number of nitrogens with one attached hydrogen (secondary N) is 2. The number of piperazine rings is 1. The summed E-state index contributed by atoms with van der Waals surface area (Å²) in [7, 11) is -3.82. The Labute approximate surface area is 169 Å². The third-order valence-corrected chi connectivity index (χ3v) is 6.44. The SMILES string of the molecule is C[C@@H]1CNCCN1C(=O)c1ccc(NS(=O)(=O)c2cccc3cccnc23)cc1. The number of pyridine rings is 1. The second-order valence-electron chi connectivity index (χ2n) is 7.07. The zero-order valence-corrected chi connectivity index (χ0v) is 16.8. The van der Waals surface area contributed by atoms with Crippen molar-refractivity contribution in [1.82, 2.24) is 15.2 Å². The van der Waals surface area contributed by atoms with Crippen molar-refractivity contribution < 1.29 is 13.2 Å². The van der Waals surface area contributed by atoms with E-state index in [1.54, 1.807) is 42.6 Å². The number of sulfonamides is 1. The van der Waals surface area contributed by atoms with Crippen molar-refractivity contribution >= 4 is 32.5 Å². The molecule has 1 amide bonds. The van der Waals surface area contributed by atoms with Gasteiger partial charge >= 0.3 is 0 Å². The maximum Gasteiger partial charge on any atom is 0.264 e. The first-order chi connectivity index (χ1) is 14.0. The van der Waals surface area contributed by atoms with Gasteiger partial charge in [-0.05, 0) is 43.3 Å². The fourth-order valence-electron chi connectivity index (χ4n) is 3.49. The second kappa shape index (κ2) is 7.81. The van der Waals surface area contributed by atoms with Crippen LogP contribution in [0.1, 0.15) is 17.3 Å². The van der Waals surface area contributed by atoms with Crippen LogP contribution in [0.25, 0.3) is 10.9 Å². The first kappa shape index (κ1) is 19.4. The molecule has 2 N–H and O–H groups in total. The maximum atomic E-state index is 12.9. The summed E-state index contributed by atoms with van der Waals surface area (Å²) in [4.78, 5) is 18.9. The molecule has 29 heavy (non-hydrogen) atoms. The Balaban J connectivity index is 1.56. The lowest BCUT2D eigenvalue weighted by atomic mass is 10.1. The smallest absolute Gasteiger partial charge is 0.264 e. The van der Waals surface area contributed by atoms with Gasteiger partial charge in [0, 0.05) is 48.5 Å². The Hall–Kier alpha value is -2.97. The number of para-hydroxylation sites is 1. The molecule has 1 atom stereocenters. The summed E-state index contributed by atoms with van der Waals surface area (Å²) in [6, 6.07) is 15.3. The molecule has 1 aliphatic rings. The number of benzene rings is 2. The van der Waals surface area contributed by atoms with Gasteiger partial charge < -0.3 is 10.2 Å². The topological polar surface area (TPSA) is 91.4 Å². The van der Waals surface area contributed by atoms with Gasteiger partial charge in [-0.3, -0.25) is 14.5 Å². The van der Waals surface area contributed by atoms with Crippen molar-refractivity contribution in [3.63, 3.8) is 0 Å². The van der Waals surface area contributed by atoms with E-state index >= 15 is 0 Å². The Morgan fingerprint density at radius 1 is 1.14 bits per heavy atom. The number of rotatable bonds is 4. The van der Waals surface area contributed by atoms with Gasteiger partial charge in [-0.2, -0.15) is 0 Å². The van der Waals surface area contributed by atoms with E-state index in [0.29, 0.717) is 23.3 Å². The molecule has 0 aliphatic carbocycles. The van der Waals surface area contributed by atoms with Crippen LogP contribution in [0.2, 0.25) is 0 Å². The van der Waals surface area contributed by atoms with Gasteiger partial charge in [0.2, 0.25) is 0 Å². The predicted molar refractivity (Wildman–Crippen MR) is 112 cm³/mol. The minimum absolute atomic E-state index is 0.0494. The number of hydrogen-bond donors (Lipinski definition) is 2. The van der Waals surface area contributed by atoms with E-state index in [1.807, 2.05) is 24.0 Å². The molecule has 4 rings (SSSR count). The van der Waals surface area contributed by atoms with E-state index in [9.17, 15) is 13.2 Å². The van der Waals surface area contributed by atoms with E-state index in [-0.39, 0.29) is 16.8 Å². The molecule has 1 fully saturated rings. The molecule has 2 heterocycles. The Bertz CT molecular complexity index is 1140. The van der Waals surface area contributed by atoms with Crippen LogP contribution in [-0.4, -0.2) is 49.9 Å². The molecule has 3 aromatic rings. The lowest BCUT2D eigenvalue weighted by Gasteiger charge is -2.34. The highest BCUT2D eigenvalue weighted by Gasteiger charge is 2.24. The van der Waals surface area contributed by atoms with Crippen LogP contribution in [0.3, 0.4) is 0 Å². The molecule has 0 radical (unpaired) electrons. The van der Waals surface area contributed by atoms with Crippen molar-refractivity contribution in [2.45, 2.75) is 17.9 Å². The van der Waals surface area contributed by atoms with E-state index in [1.165, 1.54) is 6.07 Å². The molecular formula is C21H22N4O3S. The van der Waals surface area contributed by atoms with Gasteiger partial charge in [0.15, 0.2) is 0 Å². The van der Waals surface area contributed by atoms with Gasteiger partial charge in [0.25, 0.3) is 15.9 Å². The molecule has 8 heteroatoms. The highest BCUT2D eigenvalue weighted by Crippen LogP contribution is 2.23. The molecular weight excluding hydrogens is 388 g/mol. The molecule has 0 spiro atoms. The monoisotopic (exact) mass is 410 g/mol. The molecule has 1 aromatic heterocycles. The molecule has 1 saturated heterocycles. The van der Waals surface area contributed by atoms with Gasteiger partial charge in [0.05, 0.1) is 5.52 Å². The largest absolute Gasteiger partial charge is 0.333 e. The third kappa shape index (κ3) is 3.94. The zero-order valence-electron chi connectivity index (χ0n) is 16.0. The number of nitrogens with zero attached hydrogens (tertiary/aromatic N) is 2. The molecule has 7 nitrogen and oxygen atoms in total. The zero-order chi connectivity index (χ0) is 20.4. The van der Waals surface area contributed by atoms with E-state index in [0.717, 1.165) is 18.5 Å². The highest BCUT2D eigenvalue weighted by molar-refractivity contribution is 7.93. The average molecular weight is 410 g/mol. The third-order valence-electron chi connectivity index (χ3n) is 5.03. The first-order valence-electron chi connectivity index (χ1n) is 9.44. The quantitative estimate of drug-likeness (QED) is 0.690. The molecule has 2 aromatic carbocycles. The maximum absolute atomic E-state index is 12.9. The van der Waals surface area contributed by atoms with Crippen LogP contribution in [0.5, 0.6) is 0 Å². The normalized spacial score (nSPS) is 17.3. The van der Waals surface area contributed by atoms with Gasteiger partial charge in [0.1, 0.15) is 4.90 Å². The summed E-state index contributed by atoms with van der Waals surface area (Å²) in [6.45, 7) is 4.20. The van der Waals surface area contributed by atoms with Crippen LogP contribution >= 0.6 is 0 Å². The summed E-state index contributed by atoms with van der Waals surface area (Å²) in [5.74, 6) is -0.0494. The summed E-state index contributed by atoms with van der Waals surface area (Å²) in [5.41, 5.74) is 1.35. The molecule has 150 valence electrons. The minimum atomic E-state index is -3.82. The van der Waals surface area contributed by atoms with E-state index < -0.39 is 10.0 Å². The van der Waals surface area contributed by atoms with Crippen molar-refractivity contribution in [1.29, 1.82) is 0 Å².